The predicted octanol–water partition coefficient (Wildman–Crippen LogP) is 1.57. The van der Waals surface area contributed by atoms with Crippen LogP contribution in [0, 0.1) is 5.92 Å². The van der Waals surface area contributed by atoms with Crippen LogP contribution in [-0.2, 0) is 17.6 Å². The highest BCUT2D eigenvalue weighted by atomic mass is 16.1. The van der Waals surface area contributed by atoms with E-state index in [2.05, 4.69) is 15.2 Å². The van der Waals surface area contributed by atoms with Gasteiger partial charge in [-0.3, -0.25) is 4.79 Å². The van der Waals surface area contributed by atoms with Crippen LogP contribution in [-0.4, -0.2) is 40.6 Å². The summed E-state index contributed by atoms with van der Waals surface area (Å²) in [4.78, 5) is 19.0. The second-order valence-corrected chi connectivity index (χ2v) is 6.58. The highest BCUT2D eigenvalue weighted by Gasteiger charge is 2.28. The number of nitrogens with one attached hydrogen (secondary N) is 1. The maximum Gasteiger partial charge on any atom is 0.224 e. The highest BCUT2D eigenvalue weighted by molar-refractivity contribution is 5.80. The molecule has 0 saturated carbocycles. The zero-order valence-electron chi connectivity index (χ0n) is 13.6. The number of aryl methyl sites for hydroxylation is 2. The largest absolute Gasteiger partial charge is 0.359 e. The Balaban J connectivity index is 1.73. The molecule has 1 saturated heterocycles. The average molecular weight is 313 g/mol. The molecule has 1 aliphatic heterocycles. The van der Waals surface area contributed by atoms with Crippen LogP contribution >= 0.6 is 0 Å². The Kier molecular flexibility index (Phi) is 3.67. The molecule has 1 unspecified atom stereocenters. The van der Waals surface area contributed by atoms with Gasteiger partial charge in [0.05, 0.1) is 11.6 Å². The van der Waals surface area contributed by atoms with Gasteiger partial charge >= 0.3 is 0 Å². The van der Waals surface area contributed by atoms with Crippen molar-refractivity contribution in [2.45, 2.75) is 38.5 Å². The Morgan fingerprint density at radius 2 is 2.17 bits per heavy atom. The van der Waals surface area contributed by atoms with E-state index < -0.39 is 0 Å². The first-order valence-corrected chi connectivity index (χ1v) is 8.59. The van der Waals surface area contributed by atoms with Crippen molar-refractivity contribution in [2.24, 2.45) is 5.92 Å². The van der Waals surface area contributed by atoms with Crippen LogP contribution < -0.4 is 10.2 Å². The minimum Gasteiger partial charge on any atom is -0.359 e. The molecule has 2 aromatic heterocycles. The van der Waals surface area contributed by atoms with Gasteiger partial charge < -0.3 is 10.2 Å². The first kappa shape index (κ1) is 14.5. The van der Waals surface area contributed by atoms with E-state index in [1.54, 1.807) is 7.05 Å². The van der Waals surface area contributed by atoms with Crippen LogP contribution in [0.25, 0.3) is 5.52 Å². The third-order valence-electron chi connectivity index (χ3n) is 5.14. The number of aromatic nitrogens is 3. The molecule has 122 valence electrons. The fraction of sp³-hybridized carbons (Fsp3) is 0.588. The minimum absolute atomic E-state index is 0.0505. The van der Waals surface area contributed by atoms with Crippen LogP contribution in [0.15, 0.2) is 12.4 Å². The van der Waals surface area contributed by atoms with Gasteiger partial charge in [0.1, 0.15) is 5.52 Å². The summed E-state index contributed by atoms with van der Waals surface area (Å²) in [5.74, 6) is 1.18. The van der Waals surface area contributed by atoms with E-state index in [0.717, 1.165) is 50.1 Å². The summed E-state index contributed by atoms with van der Waals surface area (Å²) < 4.78 is 1.99. The molecule has 0 aromatic carbocycles. The van der Waals surface area contributed by atoms with E-state index in [4.69, 9.17) is 5.10 Å². The Morgan fingerprint density at radius 1 is 1.30 bits per heavy atom. The molecule has 1 aliphatic carbocycles. The Morgan fingerprint density at radius 3 is 3.04 bits per heavy atom. The molecule has 6 nitrogen and oxygen atoms in total. The zero-order valence-corrected chi connectivity index (χ0v) is 13.6. The third kappa shape index (κ3) is 2.46. The fourth-order valence-corrected chi connectivity index (χ4v) is 3.97. The summed E-state index contributed by atoms with van der Waals surface area (Å²) >= 11 is 0. The van der Waals surface area contributed by atoms with Crippen LogP contribution in [0.4, 0.5) is 5.82 Å². The van der Waals surface area contributed by atoms with Gasteiger partial charge in [-0.1, -0.05) is 0 Å². The summed E-state index contributed by atoms with van der Waals surface area (Å²) in [7, 11) is 1.72. The molecule has 0 bridgehead atoms. The third-order valence-corrected chi connectivity index (χ3v) is 5.14. The number of nitrogens with zero attached hydrogens (tertiary/aromatic N) is 4. The molecular weight excluding hydrogens is 290 g/mol. The molecule has 0 spiro atoms. The molecule has 23 heavy (non-hydrogen) atoms. The van der Waals surface area contributed by atoms with E-state index in [9.17, 15) is 4.79 Å². The molecular formula is C17H23N5O. The lowest BCUT2D eigenvalue weighted by Crippen LogP contribution is -2.42. The van der Waals surface area contributed by atoms with Gasteiger partial charge in [-0.2, -0.15) is 5.10 Å². The maximum atomic E-state index is 12.0. The fourth-order valence-electron chi connectivity index (χ4n) is 3.97. The van der Waals surface area contributed by atoms with Crippen LogP contribution in [0.1, 0.15) is 36.9 Å². The normalized spacial score (nSPS) is 21.3. The van der Waals surface area contributed by atoms with Crippen molar-refractivity contribution in [1.29, 1.82) is 0 Å². The Labute approximate surface area is 135 Å². The van der Waals surface area contributed by atoms with Crippen LogP contribution in [0.3, 0.4) is 0 Å². The number of carbonyl (C=O) groups is 1. The van der Waals surface area contributed by atoms with Gasteiger partial charge in [-0.05, 0) is 38.5 Å². The molecule has 2 aromatic rings. The van der Waals surface area contributed by atoms with Crippen molar-refractivity contribution < 1.29 is 4.79 Å². The SMILES string of the molecule is CNC(=O)C1CCCN(c2nccn3nc4c(c23)CCCC4)C1. The summed E-state index contributed by atoms with van der Waals surface area (Å²) in [6.07, 6.45) is 10.3. The monoisotopic (exact) mass is 313 g/mol. The van der Waals surface area contributed by atoms with Crippen molar-refractivity contribution in [1.82, 2.24) is 19.9 Å². The van der Waals surface area contributed by atoms with Crippen molar-refractivity contribution >= 4 is 17.2 Å². The second kappa shape index (κ2) is 5.83. The van der Waals surface area contributed by atoms with E-state index in [1.807, 2.05) is 16.9 Å². The number of amides is 1. The van der Waals surface area contributed by atoms with Gasteiger partial charge in [0.2, 0.25) is 5.91 Å². The van der Waals surface area contributed by atoms with Gasteiger partial charge in [0.25, 0.3) is 0 Å². The maximum absolute atomic E-state index is 12.0. The molecule has 1 N–H and O–H groups in total. The standard InChI is InChI=1S/C17H23N5O/c1-18-17(23)12-5-4-9-21(11-12)16-15-13-6-2-3-7-14(13)20-22(15)10-8-19-16/h8,10,12H,2-7,9,11H2,1H3,(H,18,23). The molecule has 1 atom stereocenters. The Hall–Kier alpha value is -2.11. The quantitative estimate of drug-likeness (QED) is 0.914. The second-order valence-electron chi connectivity index (χ2n) is 6.58. The van der Waals surface area contributed by atoms with Crippen molar-refractivity contribution in [3.05, 3.63) is 23.7 Å². The number of hydrogen-bond donors (Lipinski definition) is 1. The van der Waals surface area contributed by atoms with Crippen LogP contribution in [0.5, 0.6) is 0 Å². The Bertz CT molecular complexity index is 738. The highest BCUT2D eigenvalue weighted by Crippen LogP contribution is 2.32. The average Bonchev–Trinajstić information content (AvgIpc) is 2.99. The van der Waals surface area contributed by atoms with Gasteiger partial charge in [-0.15, -0.1) is 0 Å². The van der Waals surface area contributed by atoms with Gasteiger partial charge in [0.15, 0.2) is 5.82 Å². The lowest BCUT2D eigenvalue weighted by molar-refractivity contribution is -0.124. The summed E-state index contributed by atoms with van der Waals surface area (Å²) in [5.41, 5.74) is 3.74. The molecule has 3 heterocycles. The van der Waals surface area contributed by atoms with E-state index in [0.29, 0.717) is 0 Å². The summed E-state index contributed by atoms with van der Waals surface area (Å²) in [6, 6.07) is 0. The molecule has 4 rings (SSSR count). The van der Waals surface area contributed by atoms with Crippen molar-refractivity contribution in [2.75, 3.05) is 25.0 Å². The number of rotatable bonds is 2. The molecule has 0 radical (unpaired) electrons. The molecule has 2 aliphatic rings. The van der Waals surface area contributed by atoms with Gasteiger partial charge in [-0.25, -0.2) is 9.50 Å². The van der Waals surface area contributed by atoms with Crippen molar-refractivity contribution in [3.8, 4) is 0 Å². The summed E-state index contributed by atoms with van der Waals surface area (Å²) in [5, 5.41) is 7.53. The lowest BCUT2D eigenvalue weighted by atomic mass is 9.95. The molecule has 1 amide bonds. The number of anilines is 1. The number of hydrogen-bond acceptors (Lipinski definition) is 4. The number of fused-ring (bicyclic) bond motifs is 3. The number of carbonyl (C=O) groups excluding carboxylic acids is 1. The number of piperidine rings is 1. The molecule has 1 fully saturated rings. The molecule has 6 heteroatoms. The predicted molar refractivity (Wildman–Crippen MR) is 88.6 cm³/mol. The summed E-state index contributed by atoms with van der Waals surface area (Å²) in [6.45, 7) is 1.70. The first-order valence-electron chi connectivity index (χ1n) is 8.59. The van der Waals surface area contributed by atoms with Gasteiger partial charge in [0, 0.05) is 38.1 Å². The topological polar surface area (TPSA) is 62.5 Å². The van der Waals surface area contributed by atoms with E-state index in [1.165, 1.54) is 24.1 Å². The van der Waals surface area contributed by atoms with E-state index >= 15 is 0 Å². The smallest absolute Gasteiger partial charge is 0.224 e. The minimum atomic E-state index is 0.0505. The lowest BCUT2D eigenvalue weighted by Gasteiger charge is -2.33. The van der Waals surface area contributed by atoms with Crippen LogP contribution in [0.2, 0.25) is 0 Å². The zero-order chi connectivity index (χ0) is 15.8. The van der Waals surface area contributed by atoms with E-state index in [-0.39, 0.29) is 11.8 Å². The first-order chi connectivity index (χ1) is 11.3. The van der Waals surface area contributed by atoms with Crippen molar-refractivity contribution in [3.63, 3.8) is 0 Å².